The van der Waals surface area contributed by atoms with Gasteiger partial charge in [-0.2, -0.15) is 11.8 Å². The predicted octanol–water partition coefficient (Wildman–Crippen LogP) is 2.24. The van der Waals surface area contributed by atoms with Gasteiger partial charge in [0.25, 0.3) is 0 Å². The van der Waals surface area contributed by atoms with Crippen molar-refractivity contribution in [1.82, 2.24) is 9.88 Å². The van der Waals surface area contributed by atoms with Crippen LogP contribution in [0.2, 0.25) is 0 Å². The molecule has 0 aromatic carbocycles. The second-order valence-corrected chi connectivity index (χ2v) is 6.16. The summed E-state index contributed by atoms with van der Waals surface area (Å²) >= 11 is 1.94. The average molecular weight is 279 g/mol. The Bertz CT molecular complexity index is 412. The van der Waals surface area contributed by atoms with Crippen LogP contribution in [0.3, 0.4) is 0 Å². The molecule has 1 amide bonds. The summed E-state index contributed by atoms with van der Waals surface area (Å²) in [4.78, 5) is 18.1. The van der Waals surface area contributed by atoms with Crippen LogP contribution >= 0.6 is 11.8 Å². The second-order valence-electron chi connectivity index (χ2n) is 5.02. The third-order valence-electron chi connectivity index (χ3n) is 3.67. The summed E-state index contributed by atoms with van der Waals surface area (Å²) in [5.74, 6) is 0.0429. The maximum atomic E-state index is 12.0. The molecule has 2 unspecified atom stereocenters. The van der Waals surface area contributed by atoms with Gasteiger partial charge in [0.1, 0.15) is 0 Å². The van der Waals surface area contributed by atoms with Crippen LogP contribution in [0.5, 0.6) is 0 Å². The smallest absolute Gasteiger partial charge is 0.238 e. The van der Waals surface area contributed by atoms with Gasteiger partial charge in [0.05, 0.1) is 6.54 Å². The summed E-state index contributed by atoms with van der Waals surface area (Å²) in [6.07, 6.45) is 9.19. The zero-order valence-corrected chi connectivity index (χ0v) is 12.3. The second kappa shape index (κ2) is 6.91. The molecule has 1 aromatic heterocycles. The lowest BCUT2D eigenvalue weighted by Crippen LogP contribution is -2.36. The molecule has 4 nitrogen and oxygen atoms in total. The van der Waals surface area contributed by atoms with Crippen molar-refractivity contribution in [3.63, 3.8) is 0 Å². The lowest BCUT2D eigenvalue weighted by atomic mass is 10.2. The number of likely N-dealkylation sites (N-methyl/N-ethyl adjacent to an activating group) is 1. The molecule has 5 heteroatoms. The highest BCUT2D eigenvalue weighted by molar-refractivity contribution is 7.99. The Labute approximate surface area is 119 Å². The number of nitrogens with one attached hydrogen (secondary N) is 1. The van der Waals surface area contributed by atoms with Gasteiger partial charge in [-0.3, -0.25) is 14.7 Å². The Hall–Kier alpha value is -1.07. The minimum absolute atomic E-state index is 0.0429. The highest BCUT2D eigenvalue weighted by atomic mass is 32.2. The number of anilines is 1. The zero-order chi connectivity index (χ0) is 13.7. The fourth-order valence-electron chi connectivity index (χ4n) is 2.52. The van der Waals surface area contributed by atoms with Crippen molar-refractivity contribution in [3.05, 3.63) is 24.5 Å². The number of aromatic nitrogens is 1. The molecular weight excluding hydrogens is 258 g/mol. The highest BCUT2D eigenvalue weighted by Crippen LogP contribution is 2.30. The van der Waals surface area contributed by atoms with Crippen LogP contribution in [0, 0.1) is 0 Å². The molecule has 0 saturated heterocycles. The van der Waals surface area contributed by atoms with E-state index in [1.165, 1.54) is 19.3 Å². The summed E-state index contributed by atoms with van der Waals surface area (Å²) in [5.41, 5.74) is 0.807. The lowest BCUT2D eigenvalue weighted by Gasteiger charge is -2.23. The first-order chi connectivity index (χ1) is 9.19. The lowest BCUT2D eigenvalue weighted by molar-refractivity contribution is -0.117. The fraction of sp³-hybridized carbons (Fsp3) is 0.571. The maximum absolute atomic E-state index is 12.0. The van der Waals surface area contributed by atoms with Crippen molar-refractivity contribution >= 4 is 23.4 Å². The predicted molar refractivity (Wildman–Crippen MR) is 80.4 cm³/mol. The third kappa shape index (κ3) is 4.21. The SMILES string of the molecule is CSC1CCC(N(C)CC(=O)Nc2ccncc2)C1. The van der Waals surface area contributed by atoms with Crippen LogP contribution in [0.4, 0.5) is 5.69 Å². The van der Waals surface area contributed by atoms with E-state index in [0.29, 0.717) is 12.6 Å². The topological polar surface area (TPSA) is 45.2 Å². The Morgan fingerprint density at radius 2 is 2.21 bits per heavy atom. The molecule has 1 N–H and O–H groups in total. The molecule has 0 aliphatic heterocycles. The minimum atomic E-state index is 0.0429. The summed E-state index contributed by atoms with van der Waals surface area (Å²) in [7, 11) is 2.04. The fourth-order valence-corrected chi connectivity index (χ4v) is 3.31. The van der Waals surface area contributed by atoms with E-state index >= 15 is 0 Å². The minimum Gasteiger partial charge on any atom is -0.325 e. The van der Waals surface area contributed by atoms with Crippen LogP contribution < -0.4 is 5.32 Å². The van der Waals surface area contributed by atoms with E-state index in [2.05, 4.69) is 21.5 Å². The van der Waals surface area contributed by atoms with E-state index in [1.807, 2.05) is 18.8 Å². The van der Waals surface area contributed by atoms with Crippen LogP contribution in [0.15, 0.2) is 24.5 Å². The normalized spacial score (nSPS) is 22.7. The van der Waals surface area contributed by atoms with Crippen LogP contribution in [-0.4, -0.2) is 46.9 Å². The molecule has 1 fully saturated rings. The summed E-state index contributed by atoms with van der Waals surface area (Å²) in [5, 5.41) is 3.66. The Balaban J connectivity index is 1.79. The third-order valence-corrected chi connectivity index (χ3v) is 4.77. The summed E-state index contributed by atoms with van der Waals surface area (Å²) in [6, 6.07) is 4.15. The first kappa shape index (κ1) is 14.3. The van der Waals surface area contributed by atoms with Crippen molar-refractivity contribution in [1.29, 1.82) is 0 Å². The molecule has 1 heterocycles. The zero-order valence-electron chi connectivity index (χ0n) is 11.5. The average Bonchev–Trinajstić information content (AvgIpc) is 2.88. The largest absolute Gasteiger partial charge is 0.325 e. The molecule has 19 heavy (non-hydrogen) atoms. The van der Waals surface area contributed by atoms with Gasteiger partial charge in [0.2, 0.25) is 5.91 Å². The molecule has 104 valence electrons. The van der Waals surface area contributed by atoms with Crippen molar-refractivity contribution in [2.24, 2.45) is 0 Å². The molecular formula is C14H21N3OS. The number of nitrogens with zero attached hydrogens (tertiary/aromatic N) is 2. The number of amides is 1. The summed E-state index contributed by atoms with van der Waals surface area (Å²) < 4.78 is 0. The molecule has 2 atom stereocenters. The number of rotatable bonds is 5. The van der Waals surface area contributed by atoms with E-state index in [-0.39, 0.29) is 5.91 Å². The molecule has 1 saturated carbocycles. The van der Waals surface area contributed by atoms with Crippen molar-refractivity contribution < 1.29 is 4.79 Å². The van der Waals surface area contributed by atoms with Gasteiger partial charge in [-0.25, -0.2) is 0 Å². The number of carbonyl (C=O) groups is 1. The van der Waals surface area contributed by atoms with Gasteiger partial charge in [0, 0.05) is 29.4 Å². The van der Waals surface area contributed by atoms with E-state index in [1.54, 1.807) is 24.5 Å². The number of hydrogen-bond acceptors (Lipinski definition) is 4. The molecule has 0 bridgehead atoms. The molecule has 1 aliphatic rings. The number of hydrogen-bond donors (Lipinski definition) is 1. The maximum Gasteiger partial charge on any atom is 0.238 e. The first-order valence-electron chi connectivity index (χ1n) is 6.62. The van der Waals surface area contributed by atoms with Gasteiger partial charge >= 0.3 is 0 Å². The van der Waals surface area contributed by atoms with Gasteiger partial charge in [-0.05, 0) is 44.7 Å². The van der Waals surface area contributed by atoms with E-state index in [0.717, 1.165) is 10.9 Å². The van der Waals surface area contributed by atoms with Crippen LogP contribution in [0.25, 0.3) is 0 Å². The summed E-state index contributed by atoms with van der Waals surface area (Å²) in [6.45, 7) is 0.452. The Morgan fingerprint density at radius 3 is 2.84 bits per heavy atom. The quantitative estimate of drug-likeness (QED) is 0.898. The number of thioether (sulfide) groups is 1. The number of carbonyl (C=O) groups excluding carboxylic acids is 1. The Kier molecular flexibility index (Phi) is 5.22. The van der Waals surface area contributed by atoms with Gasteiger partial charge in [-0.1, -0.05) is 0 Å². The van der Waals surface area contributed by atoms with Gasteiger partial charge in [0.15, 0.2) is 0 Å². The molecule has 1 aliphatic carbocycles. The van der Waals surface area contributed by atoms with Crippen molar-refractivity contribution in [3.8, 4) is 0 Å². The monoisotopic (exact) mass is 279 g/mol. The van der Waals surface area contributed by atoms with Gasteiger partial charge in [-0.15, -0.1) is 0 Å². The van der Waals surface area contributed by atoms with E-state index < -0.39 is 0 Å². The highest BCUT2D eigenvalue weighted by Gasteiger charge is 2.27. The van der Waals surface area contributed by atoms with Crippen LogP contribution in [-0.2, 0) is 4.79 Å². The molecule has 0 spiro atoms. The van der Waals surface area contributed by atoms with Crippen molar-refractivity contribution in [2.75, 3.05) is 25.2 Å². The van der Waals surface area contributed by atoms with Crippen molar-refractivity contribution in [2.45, 2.75) is 30.6 Å². The standard InChI is InChI=1S/C14H21N3OS/c1-17(12-3-4-13(9-12)19-2)10-14(18)16-11-5-7-15-8-6-11/h5-8,12-13H,3-4,9-10H2,1-2H3,(H,15,16,18). The van der Waals surface area contributed by atoms with E-state index in [4.69, 9.17) is 0 Å². The van der Waals surface area contributed by atoms with E-state index in [9.17, 15) is 4.79 Å². The Morgan fingerprint density at radius 1 is 1.47 bits per heavy atom. The molecule has 1 aromatic rings. The number of pyridine rings is 1. The molecule has 0 radical (unpaired) electrons. The first-order valence-corrected chi connectivity index (χ1v) is 7.90. The van der Waals surface area contributed by atoms with Crippen LogP contribution in [0.1, 0.15) is 19.3 Å². The molecule has 2 rings (SSSR count). The van der Waals surface area contributed by atoms with Gasteiger partial charge < -0.3 is 5.32 Å².